The Balaban J connectivity index is 2.13. The molecule has 0 aliphatic heterocycles. The van der Waals surface area contributed by atoms with E-state index in [9.17, 15) is 0 Å². The van der Waals surface area contributed by atoms with Crippen molar-refractivity contribution in [2.24, 2.45) is 0 Å². The van der Waals surface area contributed by atoms with Crippen LogP contribution in [0.1, 0.15) is 38.5 Å². The number of halogens is 1. The van der Waals surface area contributed by atoms with E-state index in [4.69, 9.17) is 0 Å². The Hall–Kier alpha value is -0.700. The van der Waals surface area contributed by atoms with Gasteiger partial charge in [0.2, 0.25) is 0 Å². The van der Waals surface area contributed by atoms with E-state index in [0.717, 1.165) is 4.47 Å². The van der Waals surface area contributed by atoms with Gasteiger partial charge in [0.1, 0.15) is 0 Å². The van der Waals surface area contributed by atoms with Gasteiger partial charge in [0.05, 0.1) is 11.4 Å². The fraction of sp³-hybridized carbons (Fsp3) is 0.600. The second-order valence-corrected chi connectivity index (χ2v) is 6.30. The van der Waals surface area contributed by atoms with Crippen molar-refractivity contribution < 1.29 is 0 Å². The topological polar surface area (TPSA) is 15.3 Å². The number of benzene rings is 1. The van der Waals surface area contributed by atoms with Crippen molar-refractivity contribution in [2.75, 3.05) is 24.3 Å². The maximum absolute atomic E-state index is 3.74. The summed E-state index contributed by atoms with van der Waals surface area (Å²) in [6, 6.07) is 7.11. The van der Waals surface area contributed by atoms with Crippen molar-refractivity contribution in [1.82, 2.24) is 0 Å². The lowest BCUT2D eigenvalue weighted by Gasteiger charge is -2.23. The summed E-state index contributed by atoms with van der Waals surface area (Å²) in [4.78, 5) is 2.17. The molecule has 0 atom stereocenters. The molecule has 1 aliphatic rings. The van der Waals surface area contributed by atoms with Gasteiger partial charge >= 0.3 is 0 Å². The lowest BCUT2D eigenvalue weighted by atomic mass is 10.1. The molecule has 3 heteroatoms. The van der Waals surface area contributed by atoms with Crippen molar-refractivity contribution in [2.45, 2.75) is 44.6 Å². The van der Waals surface area contributed by atoms with Crippen LogP contribution in [-0.2, 0) is 0 Å². The lowest BCUT2D eigenvalue weighted by Crippen LogP contribution is -2.20. The van der Waals surface area contributed by atoms with Crippen LogP contribution in [0.5, 0.6) is 0 Å². The van der Waals surface area contributed by atoms with Gasteiger partial charge in [0.15, 0.2) is 0 Å². The zero-order valence-electron chi connectivity index (χ0n) is 11.4. The SMILES string of the molecule is CN(C)c1ccc(Br)cc1NC1CCCCCC1. The van der Waals surface area contributed by atoms with E-state index in [1.807, 2.05) is 0 Å². The van der Waals surface area contributed by atoms with E-state index >= 15 is 0 Å². The van der Waals surface area contributed by atoms with Crippen LogP contribution >= 0.6 is 15.9 Å². The summed E-state index contributed by atoms with van der Waals surface area (Å²) < 4.78 is 1.14. The van der Waals surface area contributed by atoms with Gasteiger partial charge in [-0.05, 0) is 31.0 Å². The maximum Gasteiger partial charge on any atom is 0.0597 e. The second kappa shape index (κ2) is 6.46. The summed E-state index contributed by atoms with van der Waals surface area (Å²) >= 11 is 3.57. The summed E-state index contributed by atoms with van der Waals surface area (Å²) in [5.41, 5.74) is 2.52. The molecule has 0 radical (unpaired) electrons. The van der Waals surface area contributed by atoms with Crippen molar-refractivity contribution >= 4 is 27.3 Å². The van der Waals surface area contributed by atoms with Crippen molar-refractivity contribution in [3.05, 3.63) is 22.7 Å². The number of anilines is 2. The molecule has 1 N–H and O–H groups in total. The first-order valence-corrected chi connectivity index (χ1v) is 7.69. The van der Waals surface area contributed by atoms with Gasteiger partial charge in [-0.3, -0.25) is 0 Å². The van der Waals surface area contributed by atoms with Gasteiger partial charge in [-0.25, -0.2) is 0 Å². The number of rotatable bonds is 3. The summed E-state index contributed by atoms with van der Waals surface area (Å²) in [5, 5.41) is 3.74. The molecule has 0 aromatic heterocycles. The van der Waals surface area contributed by atoms with Crippen LogP contribution < -0.4 is 10.2 Å². The molecule has 0 unspecified atom stereocenters. The van der Waals surface area contributed by atoms with Gasteiger partial charge < -0.3 is 10.2 Å². The smallest absolute Gasteiger partial charge is 0.0597 e. The Bertz CT molecular complexity index is 382. The van der Waals surface area contributed by atoms with Gasteiger partial charge in [-0.15, -0.1) is 0 Å². The predicted octanol–water partition coefficient (Wildman–Crippen LogP) is 4.65. The summed E-state index contributed by atoms with van der Waals surface area (Å²) in [6.07, 6.45) is 8.14. The molecule has 2 nitrogen and oxygen atoms in total. The average molecular weight is 311 g/mol. The molecule has 1 saturated carbocycles. The Labute approximate surface area is 119 Å². The molecule has 1 fully saturated rings. The van der Waals surface area contributed by atoms with Crippen LogP contribution in [0.4, 0.5) is 11.4 Å². The van der Waals surface area contributed by atoms with Crippen LogP contribution in [0.3, 0.4) is 0 Å². The number of nitrogens with zero attached hydrogens (tertiary/aromatic N) is 1. The zero-order valence-corrected chi connectivity index (χ0v) is 13.0. The van der Waals surface area contributed by atoms with Crippen LogP contribution in [-0.4, -0.2) is 20.1 Å². The minimum atomic E-state index is 0.639. The zero-order chi connectivity index (χ0) is 13.0. The number of hydrogen-bond donors (Lipinski definition) is 1. The lowest BCUT2D eigenvalue weighted by molar-refractivity contribution is 0.620. The molecule has 0 bridgehead atoms. The molecule has 2 rings (SSSR count). The third kappa shape index (κ3) is 3.64. The first kappa shape index (κ1) is 13.7. The van der Waals surface area contributed by atoms with Crippen LogP contribution in [0.25, 0.3) is 0 Å². The second-order valence-electron chi connectivity index (χ2n) is 5.39. The average Bonchev–Trinajstić information content (AvgIpc) is 2.57. The molecule has 100 valence electrons. The minimum absolute atomic E-state index is 0.639. The third-order valence-corrected chi connectivity index (χ3v) is 4.15. The highest BCUT2D eigenvalue weighted by Gasteiger charge is 2.14. The van der Waals surface area contributed by atoms with E-state index in [1.165, 1.54) is 49.9 Å². The highest BCUT2D eigenvalue weighted by Crippen LogP contribution is 2.30. The Morgan fingerprint density at radius 1 is 1.11 bits per heavy atom. The minimum Gasteiger partial charge on any atom is -0.381 e. The first-order chi connectivity index (χ1) is 8.66. The van der Waals surface area contributed by atoms with Crippen LogP contribution in [0, 0.1) is 0 Å². The molecule has 18 heavy (non-hydrogen) atoms. The third-order valence-electron chi connectivity index (χ3n) is 3.66. The Kier molecular flexibility index (Phi) is 4.93. The summed E-state index contributed by atoms with van der Waals surface area (Å²) in [5.74, 6) is 0. The number of nitrogens with one attached hydrogen (secondary N) is 1. The van der Waals surface area contributed by atoms with E-state index < -0.39 is 0 Å². The molecule has 1 aromatic carbocycles. The fourth-order valence-electron chi connectivity index (χ4n) is 2.66. The largest absolute Gasteiger partial charge is 0.381 e. The van der Waals surface area contributed by atoms with E-state index in [1.54, 1.807) is 0 Å². The summed E-state index contributed by atoms with van der Waals surface area (Å²) in [7, 11) is 4.20. The first-order valence-electron chi connectivity index (χ1n) is 6.90. The van der Waals surface area contributed by atoms with Crippen molar-refractivity contribution in [3.8, 4) is 0 Å². The molecular formula is C15H23BrN2. The van der Waals surface area contributed by atoms with Gasteiger partial charge in [0.25, 0.3) is 0 Å². The van der Waals surface area contributed by atoms with Crippen LogP contribution in [0.2, 0.25) is 0 Å². The normalized spacial score (nSPS) is 17.3. The quantitative estimate of drug-likeness (QED) is 0.817. The predicted molar refractivity (Wildman–Crippen MR) is 83.6 cm³/mol. The molecule has 0 amide bonds. The Morgan fingerprint density at radius 3 is 2.39 bits per heavy atom. The van der Waals surface area contributed by atoms with Crippen LogP contribution in [0.15, 0.2) is 22.7 Å². The van der Waals surface area contributed by atoms with Gasteiger partial charge in [0, 0.05) is 24.6 Å². The molecule has 0 saturated heterocycles. The highest BCUT2D eigenvalue weighted by molar-refractivity contribution is 9.10. The van der Waals surface area contributed by atoms with Gasteiger partial charge in [-0.1, -0.05) is 41.6 Å². The molecule has 1 aliphatic carbocycles. The molecule has 1 aromatic rings. The number of hydrogen-bond acceptors (Lipinski definition) is 2. The standard InChI is InChI=1S/C15H23BrN2/c1-18(2)15-10-9-12(16)11-14(15)17-13-7-5-3-4-6-8-13/h9-11,13,17H,3-8H2,1-2H3. The monoisotopic (exact) mass is 310 g/mol. The molecule has 0 heterocycles. The highest BCUT2D eigenvalue weighted by atomic mass is 79.9. The molecule has 0 spiro atoms. The van der Waals surface area contributed by atoms with E-state index in [0.29, 0.717) is 6.04 Å². The molecular weight excluding hydrogens is 288 g/mol. The van der Waals surface area contributed by atoms with E-state index in [-0.39, 0.29) is 0 Å². The summed E-state index contributed by atoms with van der Waals surface area (Å²) in [6.45, 7) is 0. The van der Waals surface area contributed by atoms with Gasteiger partial charge in [-0.2, -0.15) is 0 Å². The Morgan fingerprint density at radius 2 is 1.78 bits per heavy atom. The van der Waals surface area contributed by atoms with Crippen molar-refractivity contribution in [3.63, 3.8) is 0 Å². The fourth-order valence-corrected chi connectivity index (χ4v) is 3.02. The van der Waals surface area contributed by atoms with Crippen molar-refractivity contribution in [1.29, 1.82) is 0 Å². The maximum atomic E-state index is 3.74. The van der Waals surface area contributed by atoms with E-state index in [2.05, 4.69) is 58.4 Å².